The highest BCUT2D eigenvalue weighted by Gasteiger charge is 2.04. The number of hydrogen-bond donors (Lipinski definition) is 1. The highest BCUT2D eigenvalue weighted by Crippen LogP contribution is 2.10. The molecule has 0 aliphatic rings. The van der Waals surface area contributed by atoms with Crippen LogP contribution >= 0.6 is 11.6 Å². The molecule has 1 aromatic rings. The number of ketones is 1. The molecule has 0 radical (unpaired) electrons. The Morgan fingerprint density at radius 1 is 1.33 bits per heavy atom. The van der Waals surface area contributed by atoms with Gasteiger partial charge in [-0.05, 0) is 37.3 Å². The van der Waals surface area contributed by atoms with Crippen LogP contribution in [0, 0.1) is 0 Å². The van der Waals surface area contributed by atoms with Crippen LogP contribution in [0.5, 0.6) is 0 Å². The highest BCUT2D eigenvalue weighted by molar-refractivity contribution is 6.29. The fourth-order valence-electron chi connectivity index (χ4n) is 1.19. The van der Waals surface area contributed by atoms with Gasteiger partial charge in [-0.15, -0.1) is 11.6 Å². The third kappa shape index (κ3) is 4.59. The lowest BCUT2D eigenvalue weighted by atomic mass is 10.2. The molecule has 1 aromatic carbocycles. The summed E-state index contributed by atoms with van der Waals surface area (Å²) in [7, 11) is 0. The Balaban J connectivity index is 2.58. The largest absolute Gasteiger partial charge is 0.462 e. The third-order valence-corrected chi connectivity index (χ3v) is 2.31. The summed E-state index contributed by atoms with van der Waals surface area (Å²) in [6, 6.07) is 6.75. The number of carbonyl (C=O) groups excluding carboxylic acids is 2. The van der Waals surface area contributed by atoms with Crippen LogP contribution in [0.1, 0.15) is 17.3 Å². The SMILES string of the molecule is CCOC(=O)c1ccc(NC=CC(=O)CCl)cc1. The van der Waals surface area contributed by atoms with E-state index in [1.807, 2.05) is 0 Å². The molecule has 0 aliphatic carbocycles. The van der Waals surface area contributed by atoms with E-state index in [2.05, 4.69) is 5.32 Å². The number of hydrogen-bond acceptors (Lipinski definition) is 4. The quantitative estimate of drug-likeness (QED) is 0.489. The molecule has 0 bridgehead atoms. The first kappa shape index (κ1) is 14.3. The van der Waals surface area contributed by atoms with E-state index < -0.39 is 0 Å². The Labute approximate surface area is 111 Å². The van der Waals surface area contributed by atoms with E-state index in [1.54, 1.807) is 31.2 Å². The van der Waals surface area contributed by atoms with Gasteiger partial charge in [0, 0.05) is 11.9 Å². The minimum Gasteiger partial charge on any atom is -0.462 e. The topological polar surface area (TPSA) is 55.4 Å². The summed E-state index contributed by atoms with van der Waals surface area (Å²) in [5, 5.41) is 2.90. The summed E-state index contributed by atoms with van der Waals surface area (Å²) in [5.41, 5.74) is 1.25. The van der Waals surface area contributed by atoms with Crippen molar-refractivity contribution < 1.29 is 14.3 Å². The molecule has 0 fully saturated rings. The molecule has 0 unspecified atom stereocenters. The zero-order valence-electron chi connectivity index (χ0n) is 9.98. The molecule has 5 heteroatoms. The first-order valence-corrected chi connectivity index (χ1v) is 6.00. The predicted molar refractivity (Wildman–Crippen MR) is 70.9 cm³/mol. The molecule has 0 atom stereocenters. The zero-order chi connectivity index (χ0) is 13.4. The lowest BCUT2D eigenvalue weighted by Crippen LogP contribution is -2.04. The lowest BCUT2D eigenvalue weighted by Gasteiger charge is -2.03. The van der Waals surface area contributed by atoms with Crippen LogP contribution < -0.4 is 5.32 Å². The molecule has 0 saturated heterocycles. The smallest absolute Gasteiger partial charge is 0.338 e. The van der Waals surface area contributed by atoms with Crippen LogP contribution in [0.4, 0.5) is 5.69 Å². The van der Waals surface area contributed by atoms with Crippen LogP contribution in [-0.2, 0) is 9.53 Å². The molecule has 4 nitrogen and oxygen atoms in total. The molecule has 0 amide bonds. The van der Waals surface area contributed by atoms with E-state index in [-0.39, 0.29) is 17.6 Å². The summed E-state index contributed by atoms with van der Waals surface area (Å²) in [6.07, 6.45) is 2.86. The van der Waals surface area contributed by atoms with Crippen molar-refractivity contribution in [1.82, 2.24) is 0 Å². The van der Waals surface area contributed by atoms with Crippen LogP contribution in [0.2, 0.25) is 0 Å². The second kappa shape index (κ2) is 7.50. The summed E-state index contributed by atoms with van der Waals surface area (Å²) in [4.78, 5) is 22.3. The van der Waals surface area contributed by atoms with E-state index in [0.29, 0.717) is 12.2 Å². The number of esters is 1. The average molecular weight is 268 g/mol. The Hall–Kier alpha value is -1.81. The number of nitrogens with one attached hydrogen (secondary N) is 1. The van der Waals surface area contributed by atoms with E-state index >= 15 is 0 Å². The maximum absolute atomic E-state index is 11.4. The van der Waals surface area contributed by atoms with Crippen molar-refractivity contribution in [3.05, 3.63) is 42.1 Å². The minimum atomic E-state index is -0.350. The highest BCUT2D eigenvalue weighted by atomic mass is 35.5. The second-order valence-electron chi connectivity index (χ2n) is 3.38. The molecule has 0 aromatic heterocycles. The molecular formula is C13H14ClNO3. The van der Waals surface area contributed by atoms with Gasteiger partial charge in [0.2, 0.25) is 0 Å². The van der Waals surface area contributed by atoms with Crippen molar-refractivity contribution in [2.45, 2.75) is 6.92 Å². The fraction of sp³-hybridized carbons (Fsp3) is 0.231. The molecule has 1 N–H and O–H groups in total. The third-order valence-electron chi connectivity index (χ3n) is 2.05. The number of rotatable bonds is 6. The van der Waals surface area contributed by atoms with E-state index in [9.17, 15) is 9.59 Å². The Morgan fingerprint density at radius 3 is 2.56 bits per heavy atom. The van der Waals surface area contributed by atoms with Crippen molar-refractivity contribution in [2.75, 3.05) is 17.8 Å². The van der Waals surface area contributed by atoms with Crippen LogP contribution in [0.15, 0.2) is 36.5 Å². The summed E-state index contributed by atoms with van der Waals surface area (Å²) in [6.45, 7) is 2.11. The molecule has 1 rings (SSSR count). The number of halogens is 1. The lowest BCUT2D eigenvalue weighted by molar-refractivity contribution is -0.112. The fourth-order valence-corrected chi connectivity index (χ4v) is 1.28. The standard InChI is InChI=1S/C13H14ClNO3/c1-2-18-13(17)10-3-5-11(6-4-10)15-8-7-12(16)9-14/h3-8,15H,2,9H2,1H3. The van der Waals surface area contributed by atoms with Gasteiger partial charge in [-0.2, -0.15) is 0 Å². The zero-order valence-corrected chi connectivity index (χ0v) is 10.7. The van der Waals surface area contributed by atoms with Gasteiger partial charge in [0.15, 0.2) is 5.78 Å². The normalized spacial score (nSPS) is 10.3. The maximum Gasteiger partial charge on any atom is 0.338 e. The van der Waals surface area contributed by atoms with Gasteiger partial charge in [0.25, 0.3) is 0 Å². The Kier molecular flexibility index (Phi) is 5.94. The minimum absolute atomic E-state index is 0.0417. The number of carbonyl (C=O) groups is 2. The number of ether oxygens (including phenoxy) is 1. The first-order valence-electron chi connectivity index (χ1n) is 5.46. The van der Waals surface area contributed by atoms with E-state index in [4.69, 9.17) is 16.3 Å². The molecule has 0 saturated carbocycles. The van der Waals surface area contributed by atoms with Crippen molar-refractivity contribution in [3.8, 4) is 0 Å². The molecule has 96 valence electrons. The van der Waals surface area contributed by atoms with Crippen LogP contribution in [0.25, 0.3) is 0 Å². The van der Waals surface area contributed by atoms with Crippen LogP contribution in [-0.4, -0.2) is 24.2 Å². The molecular weight excluding hydrogens is 254 g/mol. The number of benzene rings is 1. The Morgan fingerprint density at radius 2 is 2.00 bits per heavy atom. The van der Waals surface area contributed by atoms with Gasteiger partial charge < -0.3 is 10.1 Å². The van der Waals surface area contributed by atoms with Crippen molar-refractivity contribution >= 4 is 29.0 Å². The van der Waals surface area contributed by atoms with Crippen molar-refractivity contribution in [3.63, 3.8) is 0 Å². The maximum atomic E-state index is 11.4. The molecule has 0 spiro atoms. The number of anilines is 1. The second-order valence-corrected chi connectivity index (χ2v) is 3.64. The summed E-state index contributed by atoms with van der Waals surface area (Å²) >= 11 is 5.34. The summed E-state index contributed by atoms with van der Waals surface area (Å²) in [5.74, 6) is -0.566. The molecule has 0 heterocycles. The van der Waals surface area contributed by atoms with E-state index in [1.165, 1.54) is 12.3 Å². The predicted octanol–water partition coefficient (Wildman–Crippen LogP) is 2.60. The van der Waals surface area contributed by atoms with Gasteiger partial charge in [0.05, 0.1) is 18.1 Å². The number of allylic oxidation sites excluding steroid dienone is 1. The Bertz CT molecular complexity index is 440. The average Bonchev–Trinajstić information content (AvgIpc) is 2.39. The van der Waals surface area contributed by atoms with Gasteiger partial charge in [-0.1, -0.05) is 0 Å². The monoisotopic (exact) mass is 267 g/mol. The van der Waals surface area contributed by atoms with E-state index in [0.717, 1.165) is 5.69 Å². The van der Waals surface area contributed by atoms with Gasteiger partial charge in [-0.25, -0.2) is 4.79 Å². The molecule has 18 heavy (non-hydrogen) atoms. The van der Waals surface area contributed by atoms with Crippen LogP contribution in [0.3, 0.4) is 0 Å². The van der Waals surface area contributed by atoms with Gasteiger partial charge in [-0.3, -0.25) is 4.79 Å². The molecule has 0 aliphatic heterocycles. The van der Waals surface area contributed by atoms with Gasteiger partial charge >= 0.3 is 5.97 Å². The number of alkyl halides is 1. The van der Waals surface area contributed by atoms with Gasteiger partial charge in [0.1, 0.15) is 0 Å². The first-order chi connectivity index (χ1) is 8.67. The van der Waals surface area contributed by atoms with Crippen molar-refractivity contribution in [2.24, 2.45) is 0 Å². The van der Waals surface area contributed by atoms with Crippen molar-refractivity contribution in [1.29, 1.82) is 0 Å². The summed E-state index contributed by atoms with van der Waals surface area (Å²) < 4.78 is 4.86.